The Morgan fingerprint density at radius 3 is 2.63 bits per heavy atom. The molecular formula is C20H19FN2O3S. The van der Waals surface area contributed by atoms with E-state index in [2.05, 4.69) is 4.98 Å². The third-order valence-corrected chi connectivity index (χ3v) is 5.24. The number of hydrogen-bond acceptors (Lipinski definition) is 5. The van der Waals surface area contributed by atoms with Gasteiger partial charge < -0.3 is 5.11 Å². The Morgan fingerprint density at radius 2 is 1.93 bits per heavy atom. The van der Waals surface area contributed by atoms with E-state index in [-0.39, 0.29) is 17.9 Å². The molecule has 0 fully saturated rings. The zero-order valence-corrected chi connectivity index (χ0v) is 15.6. The number of hydrogen-bond donors (Lipinski definition) is 1. The maximum absolute atomic E-state index is 13.1. The van der Waals surface area contributed by atoms with E-state index in [0.717, 1.165) is 0 Å². The molecule has 3 rings (SSSR count). The molecule has 0 radical (unpaired) electrons. The highest BCUT2D eigenvalue weighted by molar-refractivity contribution is 8.00. The molecule has 0 amide bonds. The molecule has 0 saturated heterocycles. The minimum Gasteiger partial charge on any atom is -0.396 e. The van der Waals surface area contributed by atoms with Crippen molar-refractivity contribution < 1.29 is 14.3 Å². The third kappa shape index (κ3) is 4.26. The number of ketones is 1. The second-order valence-corrected chi connectivity index (χ2v) is 7.38. The predicted molar refractivity (Wildman–Crippen MR) is 104 cm³/mol. The van der Waals surface area contributed by atoms with Gasteiger partial charge in [0.1, 0.15) is 5.82 Å². The van der Waals surface area contributed by atoms with Crippen molar-refractivity contribution in [2.75, 3.05) is 6.61 Å². The van der Waals surface area contributed by atoms with Crippen LogP contribution in [0.2, 0.25) is 0 Å². The molecular weight excluding hydrogens is 367 g/mol. The number of carbonyl (C=O) groups excluding carboxylic acids is 1. The summed E-state index contributed by atoms with van der Waals surface area (Å²) in [7, 11) is 0. The van der Waals surface area contributed by atoms with Gasteiger partial charge in [0.15, 0.2) is 10.9 Å². The monoisotopic (exact) mass is 386 g/mol. The molecule has 0 unspecified atom stereocenters. The van der Waals surface area contributed by atoms with Gasteiger partial charge in [-0.05, 0) is 49.7 Å². The average Bonchev–Trinajstić information content (AvgIpc) is 2.68. The van der Waals surface area contributed by atoms with Crippen LogP contribution < -0.4 is 5.56 Å². The van der Waals surface area contributed by atoms with Crippen molar-refractivity contribution in [3.05, 3.63) is 70.3 Å². The lowest BCUT2D eigenvalue weighted by atomic mass is 10.1. The molecule has 27 heavy (non-hydrogen) atoms. The second-order valence-electron chi connectivity index (χ2n) is 6.08. The van der Waals surface area contributed by atoms with Gasteiger partial charge in [-0.2, -0.15) is 0 Å². The van der Waals surface area contributed by atoms with Gasteiger partial charge in [0.05, 0.1) is 16.2 Å². The van der Waals surface area contributed by atoms with Crippen molar-refractivity contribution in [3.8, 4) is 0 Å². The fourth-order valence-corrected chi connectivity index (χ4v) is 3.74. The summed E-state index contributed by atoms with van der Waals surface area (Å²) in [6.07, 6.45) is 0.410. The Kier molecular flexibility index (Phi) is 6.03. The number of thioether (sulfide) groups is 1. The molecule has 2 aromatic carbocycles. The topological polar surface area (TPSA) is 72.2 Å². The summed E-state index contributed by atoms with van der Waals surface area (Å²) in [5, 5.41) is 9.55. The summed E-state index contributed by atoms with van der Waals surface area (Å²) in [5.41, 5.74) is 0.770. The van der Waals surface area contributed by atoms with Crippen LogP contribution in [0.3, 0.4) is 0 Å². The molecule has 0 aliphatic heterocycles. The van der Waals surface area contributed by atoms with E-state index in [1.807, 2.05) is 0 Å². The van der Waals surface area contributed by atoms with E-state index in [1.54, 1.807) is 31.2 Å². The Hall–Kier alpha value is -2.51. The summed E-state index contributed by atoms with van der Waals surface area (Å²) in [5.74, 6) is -0.572. The Bertz CT molecular complexity index is 1020. The Morgan fingerprint density at radius 1 is 1.22 bits per heavy atom. The minimum atomic E-state index is -0.510. The van der Waals surface area contributed by atoms with E-state index in [4.69, 9.17) is 5.11 Å². The largest absolute Gasteiger partial charge is 0.396 e. The molecule has 3 aromatic rings. The van der Waals surface area contributed by atoms with Gasteiger partial charge >= 0.3 is 0 Å². The van der Waals surface area contributed by atoms with E-state index in [1.165, 1.54) is 40.6 Å². The third-order valence-electron chi connectivity index (χ3n) is 4.15. The van der Waals surface area contributed by atoms with E-state index >= 15 is 0 Å². The van der Waals surface area contributed by atoms with Crippen LogP contribution in [0.4, 0.5) is 4.39 Å². The first-order valence-electron chi connectivity index (χ1n) is 8.58. The SMILES string of the molecule is C[C@H](Sc1nc2ccccc2c(=O)n1CCCO)C(=O)c1ccc(F)cc1. The lowest BCUT2D eigenvalue weighted by Crippen LogP contribution is -2.25. The van der Waals surface area contributed by atoms with Gasteiger partial charge in [-0.15, -0.1) is 0 Å². The number of aliphatic hydroxyl groups is 1. The van der Waals surface area contributed by atoms with Crippen LogP contribution in [-0.4, -0.2) is 32.3 Å². The smallest absolute Gasteiger partial charge is 0.262 e. The maximum Gasteiger partial charge on any atom is 0.262 e. The molecule has 1 N–H and O–H groups in total. The molecule has 0 aliphatic rings. The number of fused-ring (bicyclic) bond motifs is 1. The maximum atomic E-state index is 13.1. The van der Waals surface area contributed by atoms with Gasteiger partial charge in [-0.25, -0.2) is 9.37 Å². The molecule has 1 atom stereocenters. The lowest BCUT2D eigenvalue weighted by Gasteiger charge is -2.15. The molecule has 1 heterocycles. The van der Waals surface area contributed by atoms with Gasteiger partial charge in [-0.3, -0.25) is 14.2 Å². The standard InChI is InChI=1S/C20H19FN2O3S/c1-13(18(25)14-7-9-15(21)10-8-14)27-20-22-17-6-3-2-5-16(17)19(26)23(20)11-4-12-24/h2-3,5-10,13,24H,4,11-12H2,1H3/t13-/m0/s1. The van der Waals surface area contributed by atoms with Gasteiger partial charge in [-0.1, -0.05) is 23.9 Å². The summed E-state index contributed by atoms with van der Waals surface area (Å²) < 4.78 is 14.6. The molecule has 7 heteroatoms. The highest BCUT2D eigenvalue weighted by atomic mass is 32.2. The molecule has 0 saturated carbocycles. The fraction of sp³-hybridized carbons (Fsp3) is 0.250. The summed E-state index contributed by atoms with van der Waals surface area (Å²) in [6, 6.07) is 12.4. The molecule has 5 nitrogen and oxygen atoms in total. The Labute approximate surface area is 159 Å². The van der Waals surface area contributed by atoms with E-state index < -0.39 is 11.1 Å². The summed E-state index contributed by atoms with van der Waals surface area (Å²) in [6.45, 7) is 1.99. The van der Waals surface area contributed by atoms with Crippen LogP contribution in [0, 0.1) is 5.82 Å². The number of aliphatic hydroxyl groups excluding tert-OH is 1. The van der Waals surface area contributed by atoms with Crippen molar-refractivity contribution in [2.24, 2.45) is 0 Å². The number of rotatable bonds is 7. The van der Waals surface area contributed by atoms with Gasteiger partial charge in [0.2, 0.25) is 0 Å². The number of carbonyl (C=O) groups is 1. The van der Waals surface area contributed by atoms with Crippen LogP contribution in [0.1, 0.15) is 23.7 Å². The highest BCUT2D eigenvalue weighted by Crippen LogP contribution is 2.25. The van der Waals surface area contributed by atoms with Crippen LogP contribution in [0.25, 0.3) is 10.9 Å². The molecule has 1 aromatic heterocycles. The van der Waals surface area contributed by atoms with E-state index in [9.17, 15) is 14.0 Å². The van der Waals surface area contributed by atoms with Crippen LogP contribution in [0.5, 0.6) is 0 Å². The van der Waals surface area contributed by atoms with Crippen molar-refractivity contribution in [2.45, 2.75) is 30.3 Å². The molecule has 0 spiro atoms. The number of Topliss-reactive ketones (excluding diaryl/α,β-unsaturated/α-hetero) is 1. The summed E-state index contributed by atoms with van der Waals surface area (Å²) in [4.78, 5) is 30.0. The van der Waals surface area contributed by atoms with Crippen molar-refractivity contribution in [3.63, 3.8) is 0 Å². The first kappa shape index (κ1) is 19.3. The normalized spacial score (nSPS) is 12.3. The number of halogens is 1. The highest BCUT2D eigenvalue weighted by Gasteiger charge is 2.20. The van der Waals surface area contributed by atoms with Crippen molar-refractivity contribution in [1.82, 2.24) is 9.55 Å². The van der Waals surface area contributed by atoms with Crippen molar-refractivity contribution in [1.29, 1.82) is 0 Å². The molecule has 140 valence electrons. The summed E-state index contributed by atoms with van der Waals surface area (Å²) >= 11 is 1.18. The number of nitrogens with zero attached hydrogens (tertiary/aromatic N) is 2. The first-order chi connectivity index (χ1) is 13.0. The minimum absolute atomic E-state index is 0.0482. The predicted octanol–water partition coefficient (Wildman–Crippen LogP) is 3.28. The van der Waals surface area contributed by atoms with Gasteiger partial charge in [0, 0.05) is 18.7 Å². The van der Waals surface area contributed by atoms with Crippen LogP contribution >= 0.6 is 11.8 Å². The number of para-hydroxylation sites is 1. The fourth-order valence-electron chi connectivity index (χ4n) is 2.72. The van der Waals surface area contributed by atoms with E-state index in [0.29, 0.717) is 34.6 Å². The zero-order valence-electron chi connectivity index (χ0n) is 14.8. The first-order valence-corrected chi connectivity index (χ1v) is 9.46. The lowest BCUT2D eigenvalue weighted by molar-refractivity contribution is 0.0993. The quantitative estimate of drug-likeness (QED) is 0.383. The van der Waals surface area contributed by atoms with Crippen LogP contribution in [0.15, 0.2) is 58.5 Å². The van der Waals surface area contributed by atoms with Crippen molar-refractivity contribution >= 4 is 28.4 Å². The Balaban J connectivity index is 1.95. The number of benzene rings is 2. The second kappa shape index (κ2) is 8.45. The zero-order chi connectivity index (χ0) is 19.4. The van der Waals surface area contributed by atoms with Gasteiger partial charge in [0.25, 0.3) is 5.56 Å². The average molecular weight is 386 g/mol. The molecule has 0 bridgehead atoms. The van der Waals surface area contributed by atoms with Crippen LogP contribution in [-0.2, 0) is 6.54 Å². The molecule has 0 aliphatic carbocycles. The number of aromatic nitrogens is 2.